The lowest BCUT2D eigenvalue weighted by atomic mass is 10.1. The molecule has 0 radical (unpaired) electrons. The maximum absolute atomic E-state index is 12.9. The van der Waals surface area contributed by atoms with Crippen molar-refractivity contribution < 1.29 is 4.79 Å². The monoisotopic (exact) mass is 266 g/mol. The first kappa shape index (κ1) is 12.7. The Morgan fingerprint density at radius 1 is 1.20 bits per heavy atom. The third-order valence-electron chi connectivity index (χ3n) is 4.03. The molecule has 102 valence electrons. The maximum atomic E-state index is 12.9. The van der Waals surface area contributed by atoms with Gasteiger partial charge in [-0.25, -0.2) is 0 Å². The van der Waals surface area contributed by atoms with Crippen LogP contribution < -0.4 is 10.6 Å². The summed E-state index contributed by atoms with van der Waals surface area (Å²) in [5.74, 6) is 0.0345. The smallest absolute Gasteiger partial charge is 0.258 e. The summed E-state index contributed by atoms with van der Waals surface area (Å²) >= 11 is 0. The Balaban J connectivity index is 2.05. The summed E-state index contributed by atoms with van der Waals surface area (Å²) in [5.41, 5.74) is 10.4. The van der Waals surface area contributed by atoms with Crippen molar-refractivity contribution in [2.24, 2.45) is 0 Å². The van der Waals surface area contributed by atoms with Crippen LogP contribution in [0.4, 0.5) is 11.4 Å². The van der Waals surface area contributed by atoms with E-state index in [1.807, 2.05) is 48.2 Å². The molecule has 3 heteroatoms. The molecule has 20 heavy (non-hydrogen) atoms. The van der Waals surface area contributed by atoms with Gasteiger partial charge < -0.3 is 10.6 Å². The normalized spacial score (nSPS) is 17.1. The van der Waals surface area contributed by atoms with Gasteiger partial charge in [0.05, 0.1) is 0 Å². The first-order valence-electron chi connectivity index (χ1n) is 6.86. The van der Waals surface area contributed by atoms with Crippen LogP contribution in [-0.4, -0.2) is 11.9 Å². The van der Waals surface area contributed by atoms with Crippen molar-refractivity contribution in [2.75, 3.05) is 10.6 Å². The molecule has 3 rings (SSSR count). The van der Waals surface area contributed by atoms with E-state index in [0.29, 0.717) is 11.3 Å². The highest BCUT2D eigenvalue weighted by atomic mass is 16.2. The quantitative estimate of drug-likeness (QED) is 0.806. The number of nitrogens with two attached hydrogens (primary N) is 1. The molecule has 0 saturated heterocycles. The first-order valence-corrected chi connectivity index (χ1v) is 6.86. The number of hydrogen-bond donors (Lipinski definition) is 1. The number of fused-ring (bicyclic) bond motifs is 1. The van der Waals surface area contributed by atoms with Gasteiger partial charge in [-0.2, -0.15) is 0 Å². The lowest BCUT2D eigenvalue weighted by molar-refractivity contribution is 0.0981. The standard InChI is InChI=1S/C17H18N2O/c1-11-10-13-6-3-4-9-16(13)19(11)17(20)14-7-5-8-15(18)12(14)2/h3-9,11H,10,18H2,1-2H3. The van der Waals surface area contributed by atoms with Gasteiger partial charge in [-0.1, -0.05) is 24.3 Å². The van der Waals surface area contributed by atoms with Crippen LogP contribution in [0.1, 0.15) is 28.4 Å². The Hall–Kier alpha value is -2.29. The molecule has 0 aliphatic carbocycles. The predicted molar refractivity (Wildman–Crippen MR) is 82.0 cm³/mol. The molecule has 1 atom stereocenters. The fourth-order valence-corrected chi connectivity index (χ4v) is 2.89. The number of anilines is 2. The number of carbonyl (C=O) groups is 1. The number of carbonyl (C=O) groups excluding carboxylic acids is 1. The van der Waals surface area contributed by atoms with Crippen molar-refractivity contribution >= 4 is 17.3 Å². The van der Waals surface area contributed by atoms with E-state index in [-0.39, 0.29) is 11.9 Å². The minimum atomic E-state index is 0.0345. The second kappa shape index (κ2) is 4.67. The van der Waals surface area contributed by atoms with Crippen molar-refractivity contribution in [3.05, 3.63) is 59.2 Å². The van der Waals surface area contributed by atoms with Gasteiger partial charge in [0.25, 0.3) is 5.91 Å². The minimum absolute atomic E-state index is 0.0345. The summed E-state index contributed by atoms with van der Waals surface area (Å²) in [7, 11) is 0. The van der Waals surface area contributed by atoms with E-state index in [9.17, 15) is 4.79 Å². The fraction of sp³-hybridized carbons (Fsp3) is 0.235. The number of hydrogen-bond acceptors (Lipinski definition) is 2. The Morgan fingerprint density at radius 2 is 1.95 bits per heavy atom. The Kier molecular flexibility index (Phi) is 2.97. The third-order valence-corrected chi connectivity index (χ3v) is 4.03. The van der Waals surface area contributed by atoms with E-state index in [1.165, 1.54) is 5.56 Å². The van der Waals surface area contributed by atoms with Gasteiger partial charge in [-0.3, -0.25) is 4.79 Å². The number of amides is 1. The van der Waals surface area contributed by atoms with E-state index in [4.69, 9.17) is 5.73 Å². The van der Waals surface area contributed by atoms with E-state index in [2.05, 4.69) is 13.0 Å². The molecule has 1 aliphatic heterocycles. The molecule has 0 bridgehead atoms. The van der Waals surface area contributed by atoms with Crippen LogP contribution >= 0.6 is 0 Å². The molecule has 1 amide bonds. The van der Waals surface area contributed by atoms with Crippen LogP contribution in [0.3, 0.4) is 0 Å². The molecule has 2 aromatic rings. The zero-order chi connectivity index (χ0) is 14.3. The highest BCUT2D eigenvalue weighted by Gasteiger charge is 2.31. The average Bonchev–Trinajstić information content (AvgIpc) is 2.77. The summed E-state index contributed by atoms with van der Waals surface area (Å²) in [6.07, 6.45) is 0.906. The highest BCUT2D eigenvalue weighted by Crippen LogP contribution is 2.33. The van der Waals surface area contributed by atoms with Gasteiger partial charge in [0.2, 0.25) is 0 Å². The number of para-hydroxylation sites is 1. The summed E-state index contributed by atoms with van der Waals surface area (Å²) in [4.78, 5) is 14.7. The first-order chi connectivity index (χ1) is 9.59. The van der Waals surface area contributed by atoms with Crippen LogP contribution in [0.25, 0.3) is 0 Å². The SMILES string of the molecule is Cc1c(N)cccc1C(=O)N1c2ccccc2CC1C. The van der Waals surface area contributed by atoms with Gasteiger partial charge in [0, 0.05) is 23.0 Å². The van der Waals surface area contributed by atoms with Gasteiger partial charge in [0.1, 0.15) is 0 Å². The van der Waals surface area contributed by atoms with E-state index in [0.717, 1.165) is 17.7 Å². The zero-order valence-electron chi connectivity index (χ0n) is 11.8. The predicted octanol–water partition coefficient (Wildman–Crippen LogP) is 3.17. The van der Waals surface area contributed by atoms with Crippen LogP contribution in [0, 0.1) is 6.92 Å². The molecule has 0 fully saturated rings. The Morgan fingerprint density at radius 3 is 2.75 bits per heavy atom. The van der Waals surface area contributed by atoms with Crippen molar-refractivity contribution in [3.63, 3.8) is 0 Å². The molecule has 2 N–H and O–H groups in total. The van der Waals surface area contributed by atoms with Crippen molar-refractivity contribution in [3.8, 4) is 0 Å². The minimum Gasteiger partial charge on any atom is -0.398 e. The Bertz CT molecular complexity index is 678. The van der Waals surface area contributed by atoms with Crippen molar-refractivity contribution in [1.29, 1.82) is 0 Å². The van der Waals surface area contributed by atoms with Crippen molar-refractivity contribution in [2.45, 2.75) is 26.3 Å². The Labute approximate surface area is 119 Å². The topological polar surface area (TPSA) is 46.3 Å². The van der Waals surface area contributed by atoms with Crippen LogP contribution in [-0.2, 0) is 6.42 Å². The molecule has 0 spiro atoms. The highest BCUT2D eigenvalue weighted by molar-refractivity contribution is 6.09. The second-order valence-corrected chi connectivity index (χ2v) is 5.38. The molecule has 2 aromatic carbocycles. The van der Waals surface area contributed by atoms with Crippen LogP contribution in [0.5, 0.6) is 0 Å². The number of nitrogen functional groups attached to an aromatic ring is 1. The fourth-order valence-electron chi connectivity index (χ4n) is 2.89. The molecular weight excluding hydrogens is 248 g/mol. The van der Waals surface area contributed by atoms with Gasteiger partial charge in [-0.15, -0.1) is 0 Å². The van der Waals surface area contributed by atoms with Gasteiger partial charge in [0.15, 0.2) is 0 Å². The molecule has 1 aliphatic rings. The number of nitrogens with zero attached hydrogens (tertiary/aromatic N) is 1. The largest absolute Gasteiger partial charge is 0.398 e. The van der Waals surface area contributed by atoms with Crippen LogP contribution in [0.2, 0.25) is 0 Å². The second-order valence-electron chi connectivity index (χ2n) is 5.38. The summed E-state index contributed by atoms with van der Waals surface area (Å²) in [6.45, 7) is 3.98. The van der Waals surface area contributed by atoms with Crippen LogP contribution in [0.15, 0.2) is 42.5 Å². The zero-order valence-corrected chi connectivity index (χ0v) is 11.8. The lowest BCUT2D eigenvalue weighted by Gasteiger charge is -2.24. The summed E-state index contributed by atoms with van der Waals surface area (Å²) in [6, 6.07) is 13.8. The lowest BCUT2D eigenvalue weighted by Crippen LogP contribution is -2.36. The summed E-state index contributed by atoms with van der Waals surface area (Å²) < 4.78 is 0. The van der Waals surface area contributed by atoms with E-state index >= 15 is 0 Å². The maximum Gasteiger partial charge on any atom is 0.258 e. The molecule has 0 aromatic heterocycles. The van der Waals surface area contributed by atoms with Gasteiger partial charge in [-0.05, 0) is 49.6 Å². The van der Waals surface area contributed by atoms with Gasteiger partial charge >= 0.3 is 0 Å². The third kappa shape index (κ3) is 1.86. The molecule has 1 unspecified atom stereocenters. The average molecular weight is 266 g/mol. The van der Waals surface area contributed by atoms with E-state index in [1.54, 1.807) is 0 Å². The number of rotatable bonds is 1. The molecule has 1 heterocycles. The summed E-state index contributed by atoms with van der Waals surface area (Å²) in [5, 5.41) is 0. The van der Waals surface area contributed by atoms with E-state index < -0.39 is 0 Å². The number of benzene rings is 2. The molecular formula is C17H18N2O. The molecule has 0 saturated carbocycles. The molecule has 3 nitrogen and oxygen atoms in total. The van der Waals surface area contributed by atoms with Crippen molar-refractivity contribution in [1.82, 2.24) is 0 Å².